The third-order valence-corrected chi connectivity index (χ3v) is 4.32. The first kappa shape index (κ1) is 19.7. The van der Waals surface area contributed by atoms with Gasteiger partial charge in [0.15, 0.2) is 0 Å². The molecule has 2 N–H and O–H groups in total. The van der Waals surface area contributed by atoms with E-state index in [9.17, 15) is 4.79 Å². The summed E-state index contributed by atoms with van der Waals surface area (Å²) in [5, 5.41) is 11.3. The molecule has 1 aromatic heterocycles. The summed E-state index contributed by atoms with van der Waals surface area (Å²) < 4.78 is 5.36. The first-order valence-corrected chi connectivity index (χ1v) is 9.33. The molecule has 3 rings (SSSR count). The van der Waals surface area contributed by atoms with E-state index in [1.165, 1.54) is 0 Å². The molecule has 0 aliphatic heterocycles. The van der Waals surface area contributed by atoms with Crippen LogP contribution < -0.4 is 5.32 Å². The largest absolute Gasteiger partial charge is 0.459 e. The van der Waals surface area contributed by atoms with Gasteiger partial charge in [-0.2, -0.15) is 0 Å². The molecule has 1 aliphatic carbocycles. The lowest BCUT2D eigenvalue weighted by Gasteiger charge is -2.21. The van der Waals surface area contributed by atoms with Gasteiger partial charge in [0.05, 0.1) is 5.69 Å². The van der Waals surface area contributed by atoms with Crippen LogP contribution in [0.1, 0.15) is 50.3 Å². The van der Waals surface area contributed by atoms with E-state index in [2.05, 4.69) is 21.4 Å². The molecule has 6 heteroatoms. The Hall–Kier alpha value is -3.02. The van der Waals surface area contributed by atoms with Gasteiger partial charge in [-0.25, -0.2) is 9.97 Å². The normalized spacial score (nSPS) is 12.6. The minimum Gasteiger partial charge on any atom is -0.459 e. The summed E-state index contributed by atoms with van der Waals surface area (Å²) in [7, 11) is 0. The van der Waals surface area contributed by atoms with Gasteiger partial charge < -0.3 is 15.5 Å². The number of ether oxygens (including phenoxy) is 1. The Morgan fingerprint density at radius 1 is 1.29 bits per heavy atom. The number of carbonyl (C=O) groups excluding carboxylic acids is 1. The number of aromatic nitrogens is 2. The summed E-state index contributed by atoms with van der Waals surface area (Å²) in [6.07, 6.45) is 6.70. The highest BCUT2D eigenvalue weighted by atomic mass is 16.6. The number of anilines is 1. The van der Waals surface area contributed by atoms with Crippen LogP contribution in [0.25, 0.3) is 17.2 Å². The van der Waals surface area contributed by atoms with Crippen molar-refractivity contribution in [3.63, 3.8) is 0 Å². The second-order valence-electron chi connectivity index (χ2n) is 7.93. The van der Waals surface area contributed by atoms with Crippen LogP contribution in [0.15, 0.2) is 24.4 Å². The minimum atomic E-state index is -0.530. The summed E-state index contributed by atoms with van der Waals surface area (Å²) in [6, 6.07) is 3.95. The zero-order valence-electron chi connectivity index (χ0n) is 17.0. The number of rotatable bonds is 4. The smallest absolute Gasteiger partial charge is 0.325 e. The molecule has 0 bridgehead atoms. The van der Waals surface area contributed by atoms with Crippen LogP contribution in [0.5, 0.6) is 0 Å². The summed E-state index contributed by atoms with van der Waals surface area (Å²) in [6.45, 7) is 9.18. The highest BCUT2D eigenvalue weighted by Gasteiger charge is 2.19. The fourth-order valence-corrected chi connectivity index (χ4v) is 3.18. The van der Waals surface area contributed by atoms with Crippen molar-refractivity contribution in [1.29, 1.82) is 5.41 Å². The Balaban J connectivity index is 1.98. The van der Waals surface area contributed by atoms with Crippen molar-refractivity contribution in [1.82, 2.24) is 9.97 Å². The quantitative estimate of drug-likeness (QED) is 0.616. The average molecular weight is 378 g/mol. The fourth-order valence-electron chi connectivity index (χ4n) is 3.18. The standard InChI is InChI=1S/C22H26N4O2/c1-13(23)16-10-17-15(7-6-8-19-18(17)11-24-14(2)26-19)9-20(16)25-12-21(27)28-22(3,4)5/h6-7,9-11,23,25H,8,12H2,1-5H3. The molecule has 6 nitrogen and oxygen atoms in total. The summed E-state index contributed by atoms with van der Waals surface area (Å²) >= 11 is 0. The van der Waals surface area contributed by atoms with Crippen molar-refractivity contribution >= 4 is 23.4 Å². The topological polar surface area (TPSA) is 88.0 Å². The first-order chi connectivity index (χ1) is 13.1. The molecule has 0 amide bonds. The van der Waals surface area contributed by atoms with Crippen molar-refractivity contribution in [3.05, 3.63) is 47.1 Å². The molecular weight excluding hydrogens is 352 g/mol. The van der Waals surface area contributed by atoms with Gasteiger partial charge in [0.25, 0.3) is 0 Å². The molecule has 28 heavy (non-hydrogen) atoms. The van der Waals surface area contributed by atoms with Crippen molar-refractivity contribution in [3.8, 4) is 11.1 Å². The average Bonchev–Trinajstić information content (AvgIpc) is 2.75. The lowest BCUT2D eigenvalue weighted by Crippen LogP contribution is -2.28. The maximum atomic E-state index is 12.1. The summed E-state index contributed by atoms with van der Waals surface area (Å²) in [5.74, 6) is 0.412. The SMILES string of the molecule is CC(=N)c1cc2c(cc1NCC(=O)OC(C)(C)C)C=CCc1nc(C)ncc1-2. The van der Waals surface area contributed by atoms with E-state index in [0.717, 1.165) is 45.9 Å². The molecule has 1 aliphatic rings. The Kier molecular flexibility index (Phi) is 5.31. The maximum absolute atomic E-state index is 12.1. The highest BCUT2D eigenvalue weighted by molar-refractivity contribution is 6.04. The molecule has 146 valence electrons. The second kappa shape index (κ2) is 7.54. The van der Waals surface area contributed by atoms with Crippen molar-refractivity contribution in [2.75, 3.05) is 11.9 Å². The van der Waals surface area contributed by atoms with Crippen LogP contribution in [-0.4, -0.2) is 33.8 Å². The number of carbonyl (C=O) groups is 1. The zero-order chi connectivity index (χ0) is 20.5. The number of aryl methyl sites for hydroxylation is 1. The number of allylic oxidation sites excluding steroid dienone is 1. The number of hydrogen-bond acceptors (Lipinski definition) is 6. The summed E-state index contributed by atoms with van der Waals surface area (Å²) in [4.78, 5) is 21.0. The molecule has 0 spiro atoms. The monoisotopic (exact) mass is 378 g/mol. The lowest BCUT2D eigenvalue weighted by atomic mass is 9.95. The number of esters is 1. The van der Waals surface area contributed by atoms with E-state index in [4.69, 9.17) is 10.1 Å². The van der Waals surface area contributed by atoms with E-state index in [1.807, 2.05) is 52.1 Å². The van der Waals surface area contributed by atoms with Gasteiger partial charge >= 0.3 is 5.97 Å². The molecule has 0 saturated heterocycles. The van der Waals surface area contributed by atoms with Gasteiger partial charge in [-0.1, -0.05) is 12.2 Å². The van der Waals surface area contributed by atoms with E-state index < -0.39 is 5.60 Å². The van der Waals surface area contributed by atoms with E-state index in [0.29, 0.717) is 5.71 Å². The number of fused-ring (bicyclic) bond motifs is 3. The van der Waals surface area contributed by atoms with Crippen molar-refractivity contribution in [2.45, 2.75) is 46.6 Å². The predicted octanol–water partition coefficient (Wildman–Crippen LogP) is 4.16. The van der Waals surface area contributed by atoms with Crippen LogP contribution in [0.4, 0.5) is 5.69 Å². The van der Waals surface area contributed by atoms with Gasteiger partial charge in [0, 0.05) is 35.1 Å². The molecule has 1 heterocycles. The molecule has 2 aromatic rings. The minimum absolute atomic E-state index is 0.0406. The van der Waals surface area contributed by atoms with Gasteiger partial charge in [0.2, 0.25) is 0 Å². The number of nitrogens with zero attached hydrogens (tertiary/aromatic N) is 2. The molecule has 0 saturated carbocycles. The van der Waals surface area contributed by atoms with Crippen LogP contribution in [0.2, 0.25) is 0 Å². The maximum Gasteiger partial charge on any atom is 0.325 e. The third-order valence-electron chi connectivity index (χ3n) is 4.32. The second-order valence-corrected chi connectivity index (χ2v) is 7.93. The molecular formula is C22H26N4O2. The number of benzene rings is 1. The summed E-state index contributed by atoms with van der Waals surface area (Å²) in [5.41, 5.74) is 5.31. The Labute approximate surface area is 165 Å². The third kappa shape index (κ3) is 4.44. The van der Waals surface area contributed by atoms with E-state index in [1.54, 1.807) is 6.92 Å². The zero-order valence-corrected chi connectivity index (χ0v) is 17.0. The Morgan fingerprint density at radius 2 is 2.04 bits per heavy atom. The predicted molar refractivity (Wildman–Crippen MR) is 112 cm³/mol. The number of nitrogens with one attached hydrogen (secondary N) is 2. The van der Waals surface area contributed by atoms with Gasteiger partial charge in [0.1, 0.15) is 18.0 Å². The van der Waals surface area contributed by atoms with E-state index in [-0.39, 0.29) is 12.5 Å². The number of hydrogen-bond donors (Lipinski definition) is 2. The molecule has 0 unspecified atom stereocenters. The fraction of sp³-hybridized carbons (Fsp3) is 0.364. The Morgan fingerprint density at radius 3 is 2.71 bits per heavy atom. The molecule has 0 fully saturated rings. The van der Waals surface area contributed by atoms with Crippen LogP contribution in [-0.2, 0) is 16.0 Å². The molecule has 0 atom stereocenters. The lowest BCUT2D eigenvalue weighted by molar-refractivity contribution is -0.152. The molecule has 0 radical (unpaired) electrons. The van der Waals surface area contributed by atoms with E-state index >= 15 is 0 Å². The van der Waals surface area contributed by atoms with Gasteiger partial charge in [-0.15, -0.1) is 0 Å². The Bertz CT molecular complexity index is 971. The van der Waals surface area contributed by atoms with Crippen molar-refractivity contribution < 1.29 is 9.53 Å². The first-order valence-electron chi connectivity index (χ1n) is 9.33. The van der Waals surface area contributed by atoms with Crippen LogP contribution >= 0.6 is 0 Å². The van der Waals surface area contributed by atoms with Crippen LogP contribution in [0.3, 0.4) is 0 Å². The van der Waals surface area contributed by atoms with Gasteiger partial charge in [-0.3, -0.25) is 4.79 Å². The highest BCUT2D eigenvalue weighted by Crippen LogP contribution is 2.34. The molecule has 1 aromatic carbocycles. The van der Waals surface area contributed by atoms with Gasteiger partial charge in [-0.05, 0) is 57.9 Å². The van der Waals surface area contributed by atoms with Crippen molar-refractivity contribution in [2.24, 2.45) is 0 Å². The van der Waals surface area contributed by atoms with Crippen LogP contribution in [0, 0.1) is 12.3 Å².